The Morgan fingerprint density at radius 2 is 1.81 bits per heavy atom. The normalized spacial score (nSPS) is 22.9. The Kier molecular flexibility index (Phi) is 4.61. The van der Waals surface area contributed by atoms with Crippen molar-refractivity contribution in [3.63, 3.8) is 0 Å². The fraction of sp³-hybridized carbons (Fsp3) is 0.667. The molecule has 0 bridgehead atoms. The second-order valence-electron chi connectivity index (χ2n) is 7.69. The third-order valence-electron chi connectivity index (χ3n) is 6.16. The van der Waals surface area contributed by atoms with E-state index in [0.717, 1.165) is 30.4 Å². The van der Waals surface area contributed by atoms with Crippen LogP contribution in [0, 0.1) is 5.92 Å². The molecule has 27 heavy (non-hydrogen) atoms. The van der Waals surface area contributed by atoms with Crippen LogP contribution in [0.1, 0.15) is 38.5 Å². The highest BCUT2D eigenvalue weighted by molar-refractivity contribution is 6.29. The number of fused-ring (bicyclic) bond motifs is 2. The molecule has 2 aromatic rings. The average molecular weight is 394 g/mol. The molecule has 0 spiro atoms. The molecule has 146 valence electrons. The van der Waals surface area contributed by atoms with E-state index in [9.17, 15) is 14.4 Å². The van der Waals surface area contributed by atoms with E-state index in [1.54, 1.807) is 0 Å². The number of aromatic nitrogens is 4. The second kappa shape index (κ2) is 6.82. The van der Waals surface area contributed by atoms with Gasteiger partial charge in [-0.1, -0.05) is 12.8 Å². The zero-order valence-corrected chi connectivity index (χ0v) is 16.4. The molecule has 4 rings (SSSR count). The minimum Gasteiger partial charge on any atom is -0.338 e. The van der Waals surface area contributed by atoms with E-state index in [-0.39, 0.29) is 28.9 Å². The number of likely N-dealkylation sites (tertiary alicyclic amines) is 1. The molecule has 9 heteroatoms. The number of carbonyl (C=O) groups is 1. The van der Waals surface area contributed by atoms with Gasteiger partial charge in [-0.05, 0) is 43.2 Å². The van der Waals surface area contributed by atoms with E-state index in [1.807, 2.05) is 4.90 Å². The van der Waals surface area contributed by atoms with Crippen LogP contribution in [0.3, 0.4) is 0 Å². The van der Waals surface area contributed by atoms with E-state index < -0.39 is 11.2 Å². The SMILES string of the molecule is Cn1c(=O)c2c(nc(Cl)n2CC(=O)N2CCC[C@H]3CCCC[C@H]32)n(C)c1=O. The van der Waals surface area contributed by atoms with Gasteiger partial charge in [0.15, 0.2) is 11.2 Å². The van der Waals surface area contributed by atoms with Gasteiger partial charge in [0.2, 0.25) is 11.2 Å². The van der Waals surface area contributed by atoms with Crippen LogP contribution in [-0.2, 0) is 25.4 Å². The Labute approximate surface area is 161 Å². The van der Waals surface area contributed by atoms with Crippen molar-refractivity contribution in [2.45, 2.75) is 51.1 Å². The Hall–Kier alpha value is -2.09. The summed E-state index contributed by atoms with van der Waals surface area (Å²) in [4.78, 5) is 44.0. The number of aryl methyl sites for hydroxylation is 1. The van der Waals surface area contributed by atoms with Crippen LogP contribution < -0.4 is 11.2 Å². The van der Waals surface area contributed by atoms with Gasteiger partial charge in [0.25, 0.3) is 5.56 Å². The van der Waals surface area contributed by atoms with Crippen molar-refractivity contribution in [2.75, 3.05) is 6.54 Å². The first-order valence-electron chi connectivity index (χ1n) is 9.51. The molecule has 1 saturated heterocycles. The van der Waals surface area contributed by atoms with Crippen LogP contribution in [0.25, 0.3) is 11.2 Å². The van der Waals surface area contributed by atoms with Crippen LogP contribution >= 0.6 is 11.6 Å². The summed E-state index contributed by atoms with van der Waals surface area (Å²) in [5, 5.41) is 0.0499. The first-order valence-corrected chi connectivity index (χ1v) is 9.89. The van der Waals surface area contributed by atoms with Gasteiger partial charge in [-0.2, -0.15) is 4.98 Å². The van der Waals surface area contributed by atoms with Crippen LogP contribution in [0.4, 0.5) is 0 Å². The Bertz CT molecular complexity index is 1020. The lowest BCUT2D eigenvalue weighted by atomic mass is 9.78. The number of halogens is 1. The number of carbonyl (C=O) groups excluding carboxylic acids is 1. The molecule has 0 aromatic carbocycles. The zero-order chi connectivity index (χ0) is 19.3. The minimum absolute atomic E-state index is 0.0357. The standard InChI is InChI=1S/C18H24ClN5O3/c1-21-15-14(16(26)22(2)18(21)27)24(17(19)20-15)10-13(25)23-9-5-7-11-6-3-4-8-12(11)23/h11-12H,3-10H2,1-2H3/t11-,12-/m1/s1. The Morgan fingerprint density at radius 3 is 2.59 bits per heavy atom. The fourth-order valence-electron chi connectivity index (χ4n) is 4.72. The summed E-state index contributed by atoms with van der Waals surface area (Å²) in [6, 6.07) is 0.292. The van der Waals surface area contributed by atoms with Crippen molar-refractivity contribution in [1.29, 1.82) is 0 Å². The number of hydrogen-bond donors (Lipinski definition) is 0. The van der Waals surface area contributed by atoms with Gasteiger partial charge in [0, 0.05) is 26.7 Å². The van der Waals surface area contributed by atoms with Gasteiger partial charge in [-0.3, -0.25) is 23.3 Å². The van der Waals surface area contributed by atoms with Crippen molar-refractivity contribution < 1.29 is 4.79 Å². The summed E-state index contributed by atoms with van der Waals surface area (Å²) in [6.45, 7) is 0.715. The van der Waals surface area contributed by atoms with Crippen molar-refractivity contribution in [2.24, 2.45) is 20.0 Å². The third kappa shape index (κ3) is 2.90. The van der Waals surface area contributed by atoms with E-state index in [2.05, 4.69) is 4.98 Å². The molecule has 1 aliphatic heterocycles. The maximum Gasteiger partial charge on any atom is 0.332 e. The van der Waals surface area contributed by atoms with Gasteiger partial charge >= 0.3 is 5.69 Å². The molecule has 2 aromatic heterocycles. The van der Waals surface area contributed by atoms with Crippen molar-refractivity contribution >= 4 is 28.7 Å². The van der Waals surface area contributed by atoms with E-state index in [0.29, 0.717) is 12.0 Å². The molecule has 0 unspecified atom stereocenters. The van der Waals surface area contributed by atoms with E-state index in [1.165, 1.54) is 42.5 Å². The number of rotatable bonds is 2. The molecule has 3 heterocycles. The molecule has 8 nitrogen and oxygen atoms in total. The highest BCUT2D eigenvalue weighted by Gasteiger charge is 2.36. The summed E-state index contributed by atoms with van der Waals surface area (Å²) in [5.74, 6) is 0.545. The molecule has 0 radical (unpaired) electrons. The summed E-state index contributed by atoms with van der Waals surface area (Å²) >= 11 is 6.25. The van der Waals surface area contributed by atoms with Gasteiger partial charge in [0.05, 0.1) is 0 Å². The molecule has 2 atom stereocenters. The Morgan fingerprint density at radius 1 is 1.11 bits per heavy atom. The van der Waals surface area contributed by atoms with Gasteiger partial charge < -0.3 is 4.90 Å². The number of amides is 1. The highest BCUT2D eigenvalue weighted by Crippen LogP contribution is 2.35. The molecule has 1 amide bonds. The monoisotopic (exact) mass is 393 g/mol. The van der Waals surface area contributed by atoms with Crippen LogP contribution in [0.15, 0.2) is 9.59 Å². The summed E-state index contributed by atoms with van der Waals surface area (Å²) in [5.41, 5.74) is -0.569. The smallest absolute Gasteiger partial charge is 0.332 e. The minimum atomic E-state index is -0.491. The number of nitrogens with zero attached hydrogens (tertiary/aromatic N) is 5. The number of hydrogen-bond acceptors (Lipinski definition) is 4. The number of imidazole rings is 1. The van der Waals surface area contributed by atoms with Crippen molar-refractivity contribution in [3.05, 3.63) is 26.1 Å². The number of piperidine rings is 1. The van der Waals surface area contributed by atoms with Crippen LogP contribution in [-0.4, -0.2) is 42.1 Å². The molecular weight excluding hydrogens is 370 g/mol. The zero-order valence-electron chi connectivity index (χ0n) is 15.7. The van der Waals surface area contributed by atoms with Crippen LogP contribution in [0.2, 0.25) is 5.28 Å². The molecule has 1 aliphatic carbocycles. The van der Waals surface area contributed by atoms with Gasteiger partial charge in [0.1, 0.15) is 6.54 Å². The second-order valence-corrected chi connectivity index (χ2v) is 8.02. The average Bonchev–Trinajstić information content (AvgIpc) is 3.00. The van der Waals surface area contributed by atoms with Gasteiger partial charge in [-0.15, -0.1) is 0 Å². The van der Waals surface area contributed by atoms with Crippen molar-refractivity contribution in [3.8, 4) is 0 Å². The topological polar surface area (TPSA) is 82.1 Å². The first-order chi connectivity index (χ1) is 12.9. The largest absolute Gasteiger partial charge is 0.338 e. The van der Waals surface area contributed by atoms with E-state index >= 15 is 0 Å². The lowest BCUT2D eigenvalue weighted by molar-refractivity contribution is -0.138. The summed E-state index contributed by atoms with van der Waals surface area (Å²) in [7, 11) is 2.95. The third-order valence-corrected chi connectivity index (χ3v) is 6.45. The quantitative estimate of drug-likeness (QED) is 0.719. The molecular formula is C18H24ClN5O3. The van der Waals surface area contributed by atoms with Gasteiger partial charge in [-0.25, -0.2) is 4.79 Å². The summed E-state index contributed by atoms with van der Waals surface area (Å²) < 4.78 is 3.73. The molecule has 0 N–H and O–H groups in total. The first kappa shape index (κ1) is 18.3. The predicted octanol–water partition coefficient (Wildman–Crippen LogP) is 1.27. The predicted molar refractivity (Wildman–Crippen MR) is 102 cm³/mol. The summed E-state index contributed by atoms with van der Waals surface area (Å²) in [6.07, 6.45) is 6.83. The lowest BCUT2D eigenvalue weighted by Gasteiger charge is -2.44. The van der Waals surface area contributed by atoms with Crippen molar-refractivity contribution in [1.82, 2.24) is 23.6 Å². The van der Waals surface area contributed by atoms with E-state index in [4.69, 9.17) is 11.6 Å². The Balaban J connectivity index is 1.71. The maximum atomic E-state index is 13.1. The molecule has 2 aliphatic rings. The highest BCUT2D eigenvalue weighted by atomic mass is 35.5. The fourth-order valence-corrected chi connectivity index (χ4v) is 4.95. The molecule has 2 fully saturated rings. The molecule has 1 saturated carbocycles. The lowest BCUT2D eigenvalue weighted by Crippen LogP contribution is -2.50. The maximum absolute atomic E-state index is 13.1. The van der Waals surface area contributed by atoms with Crippen LogP contribution in [0.5, 0.6) is 0 Å².